The van der Waals surface area contributed by atoms with Gasteiger partial charge in [0.1, 0.15) is 11.5 Å². The maximum Gasteiger partial charge on any atom is 0.523 e. The van der Waals surface area contributed by atoms with E-state index in [2.05, 4.69) is 4.74 Å². The minimum absolute atomic E-state index is 0.0336. The number of halogens is 7. The fraction of sp³-hybridized carbons (Fsp3) is 0.520. The topological polar surface area (TPSA) is 41.9 Å². The Balaban J connectivity index is 1.93. The van der Waals surface area contributed by atoms with Gasteiger partial charge in [0.2, 0.25) is 0 Å². The normalized spacial score (nSPS) is 17.0. The number of hydrogen-bond acceptors (Lipinski definition) is 4. The first-order valence-corrected chi connectivity index (χ1v) is 12.0. The van der Waals surface area contributed by atoms with E-state index in [1.807, 2.05) is 6.92 Å². The Bertz CT molecular complexity index is 1010. The molecule has 200 valence electrons. The van der Waals surface area contributed by atoms with Crippen molar-refractivity contribution in [2.75, 3.05) is 18.0 Å². The molecule has 0 amide bonds. The van der Waals surface area contributed by atoms with Crippen LogP contribution >= 0.6 is 11.6 Å². The zero-order valence-corrected chi connectivity index (χ0v) is 20.4. The smallest absolute Gasteiger partial charge is 0.457 e. The van der Waals surface area contributed by atoms with E-state index in [4.69, 9.17) is 16.3 Å². The van der Waals surface area contributed by atoms with Crippen molar-refractivity contribution in [2.45, 2.75) is 69.7 Å². The predicted octanol–water partition coefficient (Wildman–Crippen LogP) is 7.66. The molecule has 0 radical (unpaired) electrons. The molecule has 0 aliphatic heterocycles. The lowest BCUT2D eigenvalue weighted by molar-refractivity contribution is -0.369. The van der Waals surface area contributed by atoms with E-state index < -0.39 is 37.3 Å². The molecule has 0 spiro atoms. The molecule has 1 aliphatic rings. The molecule has 0 saturated heterocycles. The van der Waals surface area contributed by atoms with Crippen molar-refractivity contribution in [2.24, 2.45) is 0 Å². The SMILES string of the molecule is CCc1cc(Oc2cccc(N(CC(O)C(F)(F)F)CC3(OC(F)(F)F)CCCCC3)c2)ccc1Cl. The van der Waals surface area contributed by atoms with Crippen LogP contribution in [0.2, 0.25) is 5.02 Å². The fourth-order valence-electron chi connectivity index (χ4n) is 4.42. The number of aliphatic hydroxyl groups excluding tert-OH is 1. The highest BCUT2D eigenvalue weighted by Gasteiger charge is 2.47. The molecule has 4 nitrogen and oxygen atoms in total. The lowest BCUT2D eigenvalue weighted by Crippen LogP contribution is -2.52. The first kappa shape index (κ1) is 28.4. The Morgan fingerprint density at radius 1 is 1.00 bits per heavy atom. The Morgan fingerprint density at radius 3 is 2.28 bits per heavy atom. The molecule has 1 atom stereocenters. The standard InChI is InChI=1S/C25H28ClF6NO3/c1-2-17-13-20(9-10-21(17)26)35-19-8-6-7-18(14-19)33(15-22(34)24(27,28)29)16-23(36-25(30,31)32)11-4-3-5-12-23/h6-10,13-14,22,34H,2-5,11-12,15-16H2,1H3. The number of aliphatic hydroxyl groups is 1. The Labute approximate surface area is 210 Å². The molecule has 3 rings (SSSR count). The lowest BCUT2D eigenvalue weighted by Gasteiger charge is -2.42. The van der Waals surface area contributed by atoms with Crippen molar-refractivity contribution in [3.8, 4) is 11.5 Å². The second-order valence-electron chi connectivity index (χ2n) is 8.94. The van der Waals surface area contributed by atoms with Gasteiger partial charge in [0.25, 0.3) is 0 Å². The largest absolute Gasteiger partial charge is 0.523 e. The summed E-state index contributed by atoms with van der Waals surface area (Å²) in [7, 11) is 0. The van der Waals surface area contributed by atoms with Crippen LogP contribution in [0.3, 0.4) is 0 Å². The molecule has 1 saturated carbocycles. The van der Waals surface area contributed by atoms with Crippen LogP contribution in [-0.2, 0) is 11.2 Å². The molecule has 0 aromatic heterocycles. The molecule has 2 aromatic carbocycles. The van der Waals surface area contributed by atoms with Crippen molar-refractivity contribution in [1.82, 2.24) is 0 Å². The zero-order chi connectivity index (χ0) is 26.6. The molecule has 0 heterocycles. The lowest BCUT2D eigenvalue weighted by atomic mass is 9.84. The van der Waals surface area contributed by atoms with Gasteiger partial charge in [0, 0.05) is 23.3 Å². The van der Waals surface area contributed by atoms with Crippen LogP contribution < -0.4 is 9.64 Å². The summed E-state index contributed by atoms with van der Waals surface area (Å²) in [5, 5.41) is 10.3. The van der Waals surface area contributed by atoms with Crippen LogP contribution in [0, 0.1) is 0 Å². The number of anilines is 1. The number of ether oxygens (including phenoxy) is 2. The number of aryl methyl sites for hydroxylation is 1. The first-order chi connectivity index (χ1) is 16.8. The third kappa shape index (κ3) is 7.91. The van der Waals surface area contributed by atoms with Crippen molar-refractivity contribution < 1.29 is 40.9 Å². The minimum atomic E-state index is -4.96. The monoisotopic (exact) mass is 539 g/mol. The predicted molar refractivity (Wildman–Crippen MR) is 125 cm³/mol. The van der Waals surface area contributed by atoms with Gasteiger partial charge in [-0.05, 0) is 55.2 Å². The van der Waals surface area contributed by atoms with Gasteiger partial charge >= 0.3 is 12.5 Å². The van der Waals surface area contributed by atoms with Gasteiger partial charge in [0.15, 0.2) is 6.10 Å². The van der Waals surface area contributed by atoms with Gasteiger partial charge in [0.05, 0.1) is 12.1 Å². The highest BCUT2D eigenvalue weighted by atomic mass is 35.5. The quantitative estimate of drug-likeness (QED) is 0.332. The van der Waals surface area contributed by atoms with Gasteiger partial charge in [-0.25, -0.2) is 0 Å². The summed E-state index contributed by atoms with van der Waals surface area (Å²) >= 11 is 6.13. The van der Waals surface area contributed by atoms with Crippen molar-refractivity contribution in [3.63, 3.8) is 0 Å². The second kappa shape index (κ2) is 11.5. The van der Waals surface area contributed by atoms with E-state index in [0.29, 0.717) is 36.5 Å². The number of rotatable bonds is 9. The number of nitrogens with zero attached hydrogens (tertiary/aromatic N) is 1. The van der Waals surface area contributed by atoms with Crippen LogP contribution in [0.5, 0.6) is 11.5 Å². The van der Waals surface area contributed by atoms with Crippen LogP contribution in [0.1, 0.15) is 44.6 Å². The second-order valence-corrected chi connectivity index (χ2v) is 9.34. The van der Waals surface area contributed by atoms with Crippen LogP contribution in [0.15, 0.2) is 42.5 Å². The number of benzene rings is 2. The zero-order valence-electron chi connectivity index (χ0n) is 19.6. The first-order valence-electron chi connectivity index (χ1n) is 11.6. The van der Waals surface area contributed by atoms with Crippen molar-refractivity contribution in [3.05, 3.63) is 53.1 Å². The molecular weight excluding hydrogens is 512 g/mol. The van der Waals surface area contributed by atoms with Crippen LogP contribution in [-0.4, -0.2) is 42.4 Å². The fourth-order valence-corrected chi connectivity index (χ4v) is 4.67. The number of hydrogen-bond donors (Lipinski definition) is 1. The van der Waals surface area contributed by atoms with Gasteiger partial charge < -0.3 is 14.7 Å². The van der Waals surface area contributed by atoms with E-state index in [-0.39, 0.29) is 24.3 Å². The summed E-state index contributed by atoms with van der Waals surface area (Å²) in [6.07, 6.45) is -10.3. The average Bonchev–Trinajstić information content (AvgIpc) is 2.79. The Hall–Kier alpha value is -2.17. The van der Waals surface area contributed by atoms with Gasteiger partial charge in [-0.1, -0.05) is 43.9 Å². The molecule has 1 fully saturated rings. The highest BCUT2D eigenvalue weighted by molar-refractivity contribution is 6.31. The average molecular weight is 540 g/mol. The molecule has 36 heavy (non-hydrogen) atoms. The van der Waals surface area contributed by atoms with Crippen molar-refractivity contribution in [1.29, 1.82) is 0 Å². The molecule has 1 N–H and O–H groups in total. The van der Waals surface area contributed by atoms with E-state index in [9.17, 15) is 31.4 Å². The van der Waals surface area contributed by atoms with Crippen molar-refractivity contribution >= 4 is 17.3 Å². The third-order valence-corrected chi connectivity index (χ3v) is 6.53. The summed E-state index contributed by atoms with van der Waals surface area (Å²) in [5.74, 6) is 0.706. The minimum Gasteiger partial charge on any atom is -0.457 e. The van der Waals surface area contributed by atoms with E-state index in [0.717, 1.165) is 10.5 Å². The van der Waals surface area contributed by atoms with Gasteiger partial charge in [-0.2, -0.15) is 13.2 Å². The van der Waals surface area contributed by atoms with E-state index in [1.165, 1.54) is 18.2 Å². The Kier molecular flexibility index (Phi) is 9.06. The van der Waals surface area contributed by atoms with Crippen LogP contribution in [0.4, 0.5) is 32.0 Å². The molecule has 1 unspecified atom stereocenters. The molecular formula is C25H28ClF6NO3. The maximum atomic E-state index is 13.3. The van der Waals surface area contributed by atoms with Gasteiger partial charge in [-0.15, -0.1) is 13.2 Å². The van der Waals surface area contributed by atoms with Gasteiger partial charge in [-0.3, -0.25) is 4.74 Å². The highest BCUT2D eigenvalue weighted by Crippen LogP contribution is 2.39. The molecule has 11 heteroatoms. The third-order valence-electron chi connectivity index (χ3n) is 6.16. The summed E-state index contributed by atoms with van der Waals surface area (Å²) in [4.78, 5) is 1.08. The summed E-state index contributed by atoms with van der Waals surface area (Å²) in [5.41, 5.74) is -0.731. The molecule has 1 aliphatic carbocycles. The van der Waals surface area contributed by atoms with E-state index >= 15 is 0 Å². The Morgan fingerprint density at radius 2 is 1.67 bits per heavy atom. The summed E-state index contributed by atoms with van der Waals surface area (Å²) < 4.78 is 89.9. The maximum absolute atomic E-state index is 13.3. The summed E-state index contributed by atoms with van der Waals surface area (Å²) in [6.45, 7) is 0.473. The number of alkyl halides is 6. The molecule has 2 aromatic rings. The summed E-state index contributed by atoms with van der Waals surface area (Å²) in [6, 6.07) is 11.0. The van der Waals surface area contributed by atoms with E-state index in [1.54, 1.807) is 24.3 Å². The molecule has 0 bridgehead atoms. The van der Waals surface area contributed by atoms with Crippen LogP contribution in [0.25, 0.3) is 0 Å².